The summed E-state index contributed by atoms with van der Waals surface area (Å²) >= 11 is 0. The highest BCUT2D eigenvalue weighted by Crippen LogP contribution is 2.34. The van der Waals surface area contributed by atoms with Crippen LogP contribution < -0.4 is 10.0 Å². The standard InChI is InChI=1S/C19H19FN2O3/c1-2-3-4-17-18(24)21(14-7-5-13(20)6-8-14)22(19(17)25)15-9-11-16(23)12-10-15/h5-12,17,23H,2-4H2,1H3. The van der Waals surface area contributed by atoms with E-state index < -0.39 is 11.7 Å². The van der Waals surface area contributed by atoms with Gasteiger partial charge in [-0.15, -0.1) is 0 Å². The van der Waals surface area contributed by atoms with Gasteiger partial charge < -0.3 is 5.11 Å². The molecule has 1 atom stereocenters. The zero-order valence-electron chi connectivity index (χ0n) is 13.9. The van der Waals surface area contributed by atoms with Gasteiger partial charge in [0, 0.05) is 0 Å². The molecule has 25 heavy (non-hydrogen) atoms. The lowest BCUT2D eigenvalue weighted by Gasteiger charge is -2.27. The largest absolute Gasteiger partial charge is 0.508 e. The van der Waals surface area contributed by atoms with Crippen molar-refractivity contribution < 1.29 is 19.1 Å². The Morgan fingerprint density at radius 3 is 1.88 bits per heavy atom. The molecule has 1 heterocycles. The predicted molar refractivity (Wildman–Crippen MR) is 92.5 cm³/mol. The first-order valence-electron chi connectivity index (χ1n) is 8.25. The lowest BCUT2D eigenvalue weighted by molar-refractivity contribution is -0.127. The molecule has 2 aromatic carbocycles. The molecule has 5 nitrogen and oxygen atoms in total. The van der Waals surface area contributed by atoms with Crippen molar-refractivity contribution in [1.82, 2.24) is 0 Å². The minimum atomic E-state index is -0.751. The van der Waals surface area contributed by atoms with Crippen LogP contribution in [0.25, 0.3) is 0 Å². The molecule has 1 unspecified atom stereocenters. The van der Waals surface area contributed by atoms with E-state index in [0.717, 1.165) is 12.8 Å². The summed E-state index contributed by atoms with van der Waals surface area (Å²) in [6, 6.07) is 11.5. The van der Waals surface area contributed by atoms with Gasteiger partial charge in [-0.25, -0.2) is 14.4 Å². The summed E-state index contributed by atoms with van der Waals surface area (Å²) in [5, 5.41) is 12.1. The molecule has 6 heteroatoms. The Bertz CT molecular complexity index is 711. The SMILES string of the molecule is CCCCC1C(=O)N(c2ccc(O)cc2)N(c2ccc(F)cc2)C1=O. The monoisotopic (exact) mass is 342 g/mol. The van der Waals surface area contributed by atoms with E-state index in [4.69, 9.17) is 0 Å². The molecule has 2 aromatic rings. The second-order valence-corrected chi connectivity index (χ2v) is 5.99. The van der Waals surface area contributed by atoms with Gasteiger partial charge in [0.05, 0.1) is 11.4 Å². The molecule has 1 saturated heterocycles. The summed E-state index contributed by atoms with van der Waals surface area (Å²) in [6.07, 6.45) is 2.12. The van der Waals surface area contributed by atoms with E-state index in [0.29, 0.717) is 17.8 Å². The maximum atomic E-state index is 13.2. The fourth-order valence-corrected chi connectivity index (χ4v) is 2.91. The predicted octanol–water partition coefficient (Wildman–Crippen LogP) is 3.63. The first-order chi connectivity index (χ1) is 12.0. The number of carbonyl (C=O) groups is 2. The van der Waals surface area contributed by atoms with Gasteiger partial charge in [0.15, 0.2) is 0 Å². The second kappa shape index (κ2) is 6.93. The molecule has 0 aromatic heterocycles. The van der Waals surface area contributed by atoms with Crippen molar-refractivity contribution in [1.29, 1.82) is 0 Å². The summed E-state index contributed by atoms with van der Waals surface area (Å²) in [4.78, 5) is 25.8. The molecule has 1 N–H and O–H groups in total. The Morgan fingerprint density at radius 1 is 0.920 bits per heavy atom. The number of amides is 2. The van der Waals surface area contributed by atoms with Crippen LogP contribution in [0.1, 0.15) is 26.2 Å². The van der Waals surface area contributed by atoms with Gasteiger partial charge >= 0.3 is 0 Å². The van der Waals surface area contributed by atoms with Crippen molar-refractivity contribution in [3.8, 4) is 5.75 Å². The molecule has 0 spiro atoms. The summed E-state index contributed by atoms with van der Waals surface area (Å²) in [7, 11) is 0. The molecule has 130 valence electrons. The van der Waals surface area contributed by atoms with E-state index in [9.17, 15) is 19.1 Å². The fourth-order valence-electron chi connectivity index (χ4n) is 2.91. The Kier molecular flexibility index (Phi) is 4.70. The molecule has 1 fully saturated rings. The van der Waals surface area contributed by atoms with E-state index in [1.165, 1.54) is 46.4 Å². The number of halogens is 1. The van der Waals surface area contributed by atoms with Crippen molar-refractivity contribution in [3.05, 3.63) is 54.3 Å². The molecular formula is C19H19FN2O3. The van der Waals surface area contributed by atoms with Gasteiger partial charge in [0.1, 0.15) is 17.5 Å². The van der Waals surface area contributed by atoms with Gasteiger partial charge in [-0.1, -0.05) is 19.8 Å². The van der Waals surface area contributed by atoms with Crippen LogP contribution >= 0.6 is 0 Å². The number of carbonyl (C=O) groups excluding carboxylic acids is 2. The number of hydrogen-bond donors (Lipinski definition) is 1. The molecule has 3 rings (SSSR count). The number of hydrogen-bond acceptors (Lipinski definition) is 3. The quantitative estimate of drug-likeness (QED) is 0.844. The van der Waals surface area contributed by atoms with E-state index in [1.807, 2.05) is 6.92 Å². The maximum absolute atomic E-state index is 13.2. The number of hydrazine groups is 1. The number of rotatable bonds is 5. The van der Waals surface area contributed by atoms with Crippen LogP contribution in [-0.2, 0) is 9.59 Å². The van der Waals surface area contributed by atoms with E-state index in [2.05, 4.69) is 0 Å². The molecule has 2 amide bonds. The summed E-state index contributed by atoms with van der Waals surface area (Å²) in [5.74, 6) is -1.73. The van der Waals surface area contributed by atoms with Crippen molar-refractivity contribution in [3.63, 3.8) is 0 Å². The molecule has 1 aliphatic rings. The Morgan fingerprint density at radius 2 is 1.40 bits per heavy atom. The highest BCUT2D eigenvalue weighted by molar-refractivity contribution is 6.23. The average Bonchev–Trinajstić information content (AvgIpc) is 2.85. The number of phenolic OH excluding ortho intramolecular Hbond substituents is 1. The molecule has 0 bridgehead atoms. The first kappa shape index (κ1) is 17.0. The summed E-state index contributed by atoms with van der Waals surface area (Å²) < 4.78 is 13.2. The van der Waals surface area contributed by atoms with Gasteiger partial charge in [0.2, 0.25) is 0 Å². The minimum Gasteiger partial charge on any atom is -0.508 e. The van der Waals surface area contributed by atoms with Crippen LogP contribution in [0.15, 0.2) is 48.5 Å². The van der Waals surface area contributed by atoms with Gasteiger partial charge in [-0.05, 0) is 55.0 Å². The zero-order chi connectivity index (χ0) is 18.0. The van der Waals surface area contributed by atoms with Gasteiger partial charge in [0.25, 0.3) is 11.8 Å². The number of benzene rings is 2. The highest BCUT2D eigenvalue weighted by atomic mass is 19.1. The van der Waals surface area contributed by atoms with Crippen LogP contribution in [0.3, 0.4) is 0 Å². The van der Waals surface area contributed by atoms with Crippen LogP contribution in [0.4, 0.5) is 15.8 Å². The van der Waals surface area contributed by atoms with Crippen molar-refractivity contribution in [2.24, 2.45) is 5.92 Å². The third-order valence-corrected chi connectivity index (χ3v) is 4.23. The van der Waals surface area contributed by atoms with Crippen molar-refractivity contribution in [2.75, 3.05) is 10.0 Å². The third-order valence-electron chi connectivity index (χ3n) is 4.23. The lowest BCUT2D eigenvalue weighted by Crippen LogP contribution is -2.41. The fraction of sp³-hybridized carbons (Fsp3) is 0.263. The molecular weight excluding hydrogens is 323 g/mol. The number of aromatic hydroxyl groups is 1. The average molecular weight is 342 g/mol. The molecule has 0 radical (unpaired) electrons. The van der Waals surface area contributed by atoms with Crippen LogP contribution in [0, 0.1) is 11.7 Å². The molecule has 0 saturated carbocycles. The highest BCUT2D eigenvalue weighted by Gasteiger charge is 2.46. The normalized spacial score (nSPS) is 17.4. The van der Waals surface area contributed by atoms with Crippen LogP contribution in [0.5, 0.6) is 5.75 Å². The minimum absolute atomic E-state index is 0.0672. The number of phenols is 1. The number of anilines is 2. The summed E-state index contributed by atoms with van der Waals surface area (Å²) in [6.45, 7) is 2.00. The summed E-state index contributed by atoms with van der Waals surface area (Å²) in [5.41, 5.74) is 0.895. The molecule has 0 aliphatic carbocycles. The van der Waals surface area contributed by atoms with E-state index in [1.54, 1.807) is 12.1 Å². The Hall–Kier alpha value is -2.89. The van der Waals surface area contributed by atoms with Crippen molar-refractivity contribution >= 4 is 23.2 Å². The Labute approximate surface area is 145 Å². The topological polar surface area (TPSA) is 60.9 Å². The van der Waals surface area contributed by atoms with Gasteiger partial charge in [-0.2, -0.15) is 0 Å². The second-order valence-electron chi connectivity index (χ2n) is 5.99. The maximum Gasteiger partial charge on any atom is 0.258 e. The Balaban J connectivity index is 2.03. The van der Waals surface area contributed by atoms with Crippen molar-refractivity contribution in [2.45, 2.75) is 26.2 Å². The van der Waals surface area contributed by atoms with E-state index in [-0.39, 0.29) is 17.6 Å². The van der Waals surface area contributed by atoms with Crippen LogP contribution in [0.2, 0.25) is 0 Å². The first-order valence-corrected chi connectivity index (χ1v) is 8.25. The van der Waals surface area contributed by atoms with Gasteiger partial charge in [-0.3, -0.25) is 9.59 Å². The molecule has 1 aliphatic heterocycles. The third kappa shape index (κ3) is 3.20. The smallest absolute Gasteiger partial charge is 0.258 e. The zero-order valence-corrected chi connectivity index (χ0v) is 13.9. The van der Waals surface area contributed by atoms with E-state index >= 15 is 0 Å². The number of nitrogens with zero attached hydrogens (tertiary/aromatic N) is 2. The lowest BCUT2D eigenvalue weighted by atomic mass is 10.0. The number of unbranched alkanes of at least 4 members (excludes halogenated alkanes) is 1. The van der Waals surface area contributed by atoms with Crippen LogP contribution in [-0.4, -0.2) is 16.9 Å².